The number of thiophene rings is 1. The molecule has 0 spiro atoms. The van der Waals surface area contributed by atoms with Crippen molar-refractivity contribution in [3.05, 3.63) is 20.7 Å². The Morgan fingerprint density at radius 2 is 2.38 bits per heavy atom. The van der Waals surface area contributed by atoms with Gasteiger partial charge in [0, 0.05) is 17.8 Å². The van der Waals surface area contributed by atoms with E-state index < -0.39 is 0 Å². The monoisotopic (exact) mass is 193 g/mol. The van der Waals surface area contributed by atoms with E-state index in [0.717, 1.165) is 14.6 Å². The molecule has 0 saturated carbocycles. The largest absolute Gasteiger partial charge is 0.296 e. The van der Waals surface area contributed by atoms with Crippen LogP contribution >= 0.6 is 11.3 Å². The standard InChI is InChI=1S/C10H11NOS/c1-7-6-10(8(2)12)13-9(7)4-5-11-3/h4-6H,1H2,2-3H3/b9-4+,11-5?. The van der Waals surface area contributed by atoms with Crippen LogP contribution in [0.25, 0.3) is 12.7 Å². The van der Waals surface area contributed by atoms with Crippen molar-refractivity contribution >= 4 is 36.0 Å². The van der Waals surface area contributed by atoms with E-state index in [0.29, 0.717) is 0 Å². The number of nitrogens with zero attached hydrogens (tertiary/aromatic N) is 1. The molecule has 0 radical (unpaired) electrons. The fraction of sp³-hybridized carbons (Fsp3) is 0.200. The highest BCUT2D eigenvalue weighted by Crippen LogP contribution is 1.99. The molecule has 1 aromatic rings. The third-order valence-corrected chi connectivity index (χ3v) is 2.81. The predicted molar refractivity (Wildman–Crippen MR) is 58.0 cm³/mol. The highest BCUT2D eigenvalue weighted by Gasteiger charge is 2.00. The van der Waals surface area contributed by atoms with Gasteiger partial charge in [0.1, 0.15) is 0 Å². The third-order valence-electron chi connectivity index (χ3n) is 1.56. The lowest BCUT2D eigenvalue weighted by atomic mass is 10.3. The van der Waals surface area contributed by atoms with Gasteiger partial charge in [-0.05, 0) is 24.3 Å². The number of rotatable bonds is 2. The van der Waals surface area contributed by atoms with Gasteiger partial charge in [0.25, 0.3) is 0 Å². The number of aliphatic imine (C=N–C) groups is 1. The number of Topliss-reactive ketones (excluding diaryl/α,β-unsaturated/α-hetero) is 1. The molecule has 1 aromatic heterocycles. The van der Waals surface area contributed by atoms with Crippen molar-refractivity contribution in [3.63, 3.8) is 0 Å². The Hall–Kier alpha value is -1.22. The first-order valence-electron chi connectivity index (χ1n) is 3.87. The molecule has 1 rings (SSSR count). The molecule has 3 heteroatoms. The minimum absolute atomic E-state index is 0.0861. The Bertz CT molecular complexity index is 442. The van der Waals surface area contributed by atoms with Crippen LogP contribution in [-0.4, -0.2) is 19.0 Å². The summed E-state index contributed by atoms with van der Waals surface area (Å²) in [5, 5.41) is 0.884. The summed E-state index contributed by atoms with van der Waals surface area (Å²) in [6.45, 7) is 5.40. The zero-order valence-corrected chi connectivity index (χ0v) is 8.52. The van der Waals surface area contributed by atoms with Gasteiger partial charge >= 0.3 is 0 Å². The number of carbonyl (C=O) groups excluding carboxylic acids is 1. The Balaban J connectivity index is 3.26. The summed E-state index contributed by atoms with van der Waals surface area (Å²) in [6, 6.07) is 1.81. The molecule has 2 nitrogen and oxygen atoms in total. The maximum Gasteiger partial charge on any atom is 0.169 e. The van der Waals surface area contributed by atoms with E-state index in [1.807, 2.05) is 12.1 Å². The first kappa shape index (κ1) is 9.86. The van der Waals surface area contributed by atoms with E-state index in [2.05, 4.69) is 11.6 Å². The quantitative estimate of drug-likeness (QED) is 0.505. The molecule has 68 valence electrons. The zero-order chi connectivity index (χ0) is 9.84. The lowest BCUT2D eigenvalue weighted by Gasteiger charge is -1.80. The molecule has 0 unspecified atom stereocenters. The zero-order valence-electron chi connectivity index (χ0n) is 7.70. The molecule has 0 aliphatic heterocycles. The van der Waals surface area contributed by atoms with Gasteiger partial charge in [-0.25, -0.2) is 0 Å². The maximum absolute atomic E-state index is 11.0. The lowest BCUT2D eigenvalue weighted by Crippen LogP contribution is -2.14. The minimum Gasteiger partial charge on any atom is -0.296 e. The predicted octanol–water partition coefficient (Wildman–Crippen LogP) is 0.842. The molecular formula is C10H11NOS. The van der Waals surface area contributed by atoms with Crippen LogP contribution in [0.1, 0.15) is 16.6 Å². The number of ketones is 1. The lowest BCUT2D eigenvalue weighted by molar-refractivity contribution is 0.102. The molecular weight excluding hydrogens is 182 g/mol. The van der Waals surface area contributed by atoms with Gasteiger partial charge in [0.15, 0.2) is 5.78 Å². The Labute approximate surface area is 80.9 Å². The Kier molecular flexibility index (Phi) is 3.14. The van der Waals surface area contributed by atoms with Crippen LogP contribution in [0.5, 0.6) is 0 Å². The van der Waals surface area contributed by atoms with Gasteiger partial charge in [0.2, 0.25) is 0 Å². The summed E-state index contributed by atoms with van der Waals surface area (Å²) in [7, 11) is 1.71. The summed E-state index contributed by atoms with van der Waals surface area (Å²) in [5.41, 5.74) is 0. The van der Waals surface area contributed by atoms with E-state index >= 15 is 0 Å². The fourth-order valence-corrected chi connectivity index (χ4v) is 1.80. The van der Waals surface area contributed by atoms with Crippen molar-refractivity contribution < 1.29 is 4.79 Å². The van der Waals surface area contributed by atoms with Crippen molar-refractivity contribution in [2.24, 2.45) is 4.99 Å². The number of hydrogen-bond donors (Lipinski definition) is 0. The Morgan fingerprint density at radius 3 is 2.85 bits per heavy atom. The van der Waals surface area contributed by atoms with Crippen LogP contribution in [0.4, 0.5) is 0 Å². The number of hydrogen-bond acceptors (Lipinski definition) is 3. The second-order valence-electron chi connectivity index (χ2n) is 2.63. The van der Waals surface area contributed by atoms with E-state index in [4.69, 9.17) is 0 Å². The van der Waals surface area contributed by atoms with Crippen molar-refractivity contribution in [2.75, 3.05) is 7.05 Å². The average molecular weight is 193 g/mol. The van der Waals surface area contributed by atoms with Gasteiger partial charge in [-0.15, -0.1) is 11.3 Å². The summed E-state index contributed by atoms with van der Waals surface area (Å²) in [6.07, 6.45) is 3.56. The summed E-state index contributed by atoms with van der Waals surface area (Å²) in [5.74, 6) is 0.0861. The van der Waals surface area contributed by atoms with E-state index in [1.165, 1.54) is 11.3 Å². The van der Waals surface area contributed by atoms with Crippen molar-refractivity contribution in [1.29, 1.82) is 0 Å². The van der Waals surface area contributed by atoms with Gasteiger partial charge in [-0.1, -0.05) is 6.58 Å². The second kappa shape index (κ2) is 4.14. The Morgan fingerprint density at radius 1 is 1.69 bits per heavy atom. The fourth-order valence-electron chi connectivity index (χ4n) is 0.900. The van der Waals surface area contributed by atoms with Crippen LogP contribution < -0.4 is 9.75 Å². The highest BCUT2D eigenvalue weighted by molar-refractivity contribution is 7.12. The molecule has 13 heavy (non-hydrogen) atoms. The van der Waals surface area contributed by atoms with Gasteiger partial charge in [-0.3, -0.25) is 9.79 Å². The third kappa shape index (κ3) is 2.36. The van der Waals surface area contributed by atoms with Crippen molar-refractivity contribution in [2.45, 2.75) is 6.92 Å². The van der Waals surface area contributed by atoms with E-state index in [9.17, 15) is 4.79 Å². The SMILES string of the molecule is C=c1cc(C(C)=O)s/c1=C/C=NC. The molecule has 0 N–H and O–H groups in total. The topological polar surface area (TPSA) is 29.4 Å². The highest BCUT2D eigenvalue weighted by atomic mass is 32.1. The summed E-state index contributed by atoms with van der Waals surface area (Å²) < 4.78 is 0.996. The molecule has 0 aliphatic carbocycles. The molecule has 1 heterocycles. The molecule has 0 aliphatic rings. The minimum atomic E-state index is 0.0861. The van der Waals surface area contributed by atoms with Crippen LogP contribution in [0.3, 0.4) is 0 Å². The van der Waals surface area contributed by atoms with Crippen LogP contribution in [-0.2, 0) is 0 Å². The first-order valence-corrected chi connectivity index (χ1v) is 4.69. The van der Waals surface area contributed by atoms with Crippen LogP contribution in [0, 0.1) is 0 Å². The molecule has 0 atom stereocenters. The van der Waals surface area contributed by atoms with E-state index in [-0.39, 0.29) is 5.78 Å². The van der Waals surface area contributed by atoms with E-state index in [1.54, 1.807) is 20.2 Å². The molecule has 0 amide bonds. The second-order valence-corrected chi connectivity index (χ2v) is 3.71. The first-order chi connectivity index (χ1) is 6.15. The summed E-state index contributed by atoms with van der Waals surface area (Å²) in [4.78, 5) is 15.6. The van der Waals surface area contributed by atoms with Crippen LogP contribution in [0.2, 0.25) is 0 Å². The molecule has 0 saturated heterocycles. The maximum atomic E-state index is 11.0. The average Bonchev–Trinajstić information content (AvgIpc) is 2.44. The molecule has 0 aromatic carbocycles. The smallest absolute Gasteiger partial charge is 0.169 e. The van der Waals surface area contributed by atoms with Crippen molar-refractivity contribution in [1.82, 2.24) is 0 Å². The number of carbonyl (C=O) groups is 1. The molecule has 0 fully saturated rings. The van der Waals surface area contributed by atoms with Crippen molar-refractivity contribution in [3.8, 4) is 0 Å². The normalized spacial score (nSPS) is 12.6. The van der Waals surface area contributed by atoms with Crippen LogP contribution in [0.15, 0.2) is 11.1 Å². The van der Waals surface area contributed by atoms with Gasteiger partial charge < -0.3 is 0 Å². The summed E-state index contributed by atoms with van der Waals surface area (Å²) >= 11 is 1.45. The van der Waals surface area contributed by atoms with Gasteiger partial charge in [-0.2, -0.15) is 0 Å². The van der Waals surface area contributed by atoms with Gasteiger partial charge in [0.05, 0.1) is 4.88 Å². The molecule has 0 bridgehead atoms.